The molecule has 0 fully saturated rings. The number of halogens is 3. The van der Waals surface area contributed by atoms with Crippen LogP contribution in [0.3, 0.4) is 0 Å². The largest absolute Gasteiger partial charge is 0.454 e. The minimum Gasteiger partial charge on any atom is -0.454 e. The summed E-state index contributed by atoms with van der Waals surface area (Å²) in [5.74, 6) is 0.205. The van der Waals surface area contributed by atoms with Crippen LogP contribution in [0.1, 0.15) is 47.3 Å². The SMILES string of the molecule is CCNC(=NCc1ccc(C(N)=O)o1)NC(C)c1cccc(C(F)(F)F)c1. The van der Waals surface area contributed by atoms with Crippen LogP contribution in [0.15, 0.2) is 45.8 Å². The fraction of sp³-hybridized carbons (Fsp3) is 0.333. The third-order valence-corrected chi connectivity index (χ3v) is 3.71. The number of rotatable bonds is 6. The third kappa shape index (κ3) is 5.77. The van der Waals surface area contributed by atoms with E-state index in [1.165, 1.54) is 12.1 Å². The quantitative estimate of drug-likeness (QED) is 0.528. The average Bonchev–Trinajstić information content (AvgIpc) is 3.08. The minimum atomic E-state index is -4.40. The highest BCUT2D eigenvalue weighted by molar-refractivity contribution is 5.89. The van der Waals surface area contributed by atoms with Gasteiger partial charge in [0.2, 0.25) is 0 Å². The summed E-state index contributed by atoms with van der Waals surface area (Å²) >= 11 is 0. The predicted octanol–water partition coefficient (Wildman–Crippen LogP) is 3.21. The van der Waals surface area contributed by atoms with E-state index >= 15 is 0 Å². The van der Waals surface area contributed by atoms with Crippen molar-refractivity contribution in [2.45, 2.75) is 32.6 Å². The second kappa shape index (κ2) is 8.61. The van der Waals surface area contributed by atoms with Gasteiger partial charge in [0.05, 0.1) is 11.6 Å². The van der Waals surface area contributed by atoms with E-state index in [1.54, 1.807) is 19.1 Å². The Hall–Kier alpha value is -2.97. The number of furan rings is 1. The van der Waals surface area contributed by atoms with Crippen molar-refractivity contribution in [3.63, 3.8) is 0 Å². The van der Waals surface area contributed by atoms with Crippen molar-refractivity contribution >= 4 is 11.9 Å². The summed E-state index contributed by atoms with van der Waals surface area (Å²) in [4.78, 5) is 15.4. The lowest BCUT2D eigenvalue weighted by Gasteiger charge is -2.19. The Balaban J connectivity index is 2.11. The molecule has 0 aliphatic rings. The van der Waals surface area contributed by atoms with Crippen LogP contribution in [-0.2, 0) is 12.7 Å². The van der Waals surface area contributed by atoms with Crippen LogP contribution >= 0.6 is 0 Å². The molecule has 2 rings (SSSR count). The molecule has 0 aliphatic heterocycles. The maximum atomic E-state index is 12.9. The molecule has 1 heterocycles. The Kier molecular flexibility index (Phi) is 6.49. The molecular weight excluding hydrogens is 361 g/mol. The molecule has 4 N–H and O–H groups in total. The number of primary amides is 1. The number of benzene rings is 1. The molecule has 2 aromatic rings. The van der Waals surface area contributed by atoms with E-state index in [0.717, 1.165) is 12.1 Å². The molecule has 146 valence electrons. The van der Waals surface area contributed by atoms with Gasteiger partial charge in [0, 0.05) is 6.54 Å². The Morgan fingerprint density at radius 1 is 1.30 bits per heavy atom. The molecule has 9 heteroatoms. The molecule has 0 spiro atoms. The van der Waals surface area contributed by atoms with Gasteiger partial charge in [0.15, 0.2) is 11.7 Å². The highest BCUT2D eigenvalue weighted by Crippen LogP contribution is 2.30. The van der Waals surface area contributed by atoms with Gasteiger partial charge in [0.1, 0.15) is 12.3 Å². The smallest absolute Gasteiger partial charge is 0.416 e. The zero-order valence-corrected chi connectivity index (χ0v) is 14.9. The van der Waals surface area contributed by atoms with Crippen molar-refractivity contribution in [1.82, 2.24) is 10.6 Å². The number of amides is 1. The Morgan fingerprint density at radius 3 is 2.63 bits per heavy atom. The normalized spacial score (nSPS) is 13.3. The molecule has 0 bridgehead atoms. The van der Waals surface area contributed by atoms with Crippen molar-refractivity contribution in [2.75, 3.05) is 6.54 Å². The first-order valence-corrected chi connectivity index (χ1v) is 8.31. The lowest BCUT2D eigenvalue weighted by Crippen LogP contribution is -2.38. The van der Waals surface area contributed by atoms with Gasteiger partial charge in [-0.2, -0.15) is 13.2 Å². The number of hydrogen-bond acceptors (Lipinski definition) is 3. The summed E-state index contributed by atoms with van der Waals surface area (Å²) in [6.45, 7) is 4.30. The van der Waals surface area contributed by atoms with Crippen LogP contribution in [0.25, 0.3) is 0 Å². The molecule has 1 unspecified atom stereocenters. The van der Waals surface area contributed by atoms with Crippen LogP contribution in [-0.4, -0.2) is 18.4 Å². The van der Waals surface area contributed by atoms with E-state index in [-0.39, 0.29) is 12.3 Å². The topological polar surface area (TPSA) is 92.6 Å². The number of carbonyl (C=O) groups excluding carboxylic acids is 1. The van der Waals surface area contributed by atoms with Crippen LogP contribution in [0.4, 0.5) is 13.2 Å². The summed E-state index contributed by atoms with van der Waals surface area (Å²) in [5.41, 5.74) is 4.90. The predicted molar refractivity (Wildman–Crippen MR) is 95.0 cm³/mol. The fourth-order valence-corrected chi connectivity index (χ4v) is 2.35. The molecule has 27 heavy (non-hydrogen) atoms. The minimum absolute atomic E-state index is 0.0375. The number of carbonyl (C=O) groups is 1. The van der Waals surface area contributed by atoms with E-state index in [4.69, 9.17) is 10.2 Å². The molecule has 1 amide bonds. The molecule has 6 nitrogen and oxygen atoms in total. The first-order chi connectivity index (χ1) is 12.7. The maximum absolute atomic E-state index is 12.9. The molecule has 1 atom stereocenters. The lowest BCUT2D eigenvalue weighted by atomic mass is 10.1. The van der Waals surface area contributed by atoms with Crippen LogP contribution < -0.4 is 16.4 Å². The van der Waals surface area contributed by atoms with Gasteiger partial charge in [0.25, 0.3) is 5.91 Å². The van der Waals surface area contributed by atoms with Gasteiger partial charge in [-0.1, -0.05) is 12.1 Å². The van der Waals surface area contributed by atoms with Gasteiger partial charge in [-0.15, -0.1) is 0 Å². The van der Waals surface area contributed by atoms with E-state index in [0.29, 0.717) is 23.8 Å². The average molecular weight is 382 g/mol. The highest BCUT2D eigenvalue weighted by Gasteiger charge is 2.30. The fourth-order valence-electron chi connectivity index (χ4n) is 2.35. The second-order valence-corrected chi connectivity index (χ2v) is 5.81. The zero-order valence-electron chi connectivity index (χ0n) is 14.9. The number of nitrogens with zero attached hydrogens (tertiary/aromatic N) is 1. The van der Waals surface area contributed by atoms with Crippen molar-refractivity contribution in [3.05, 3.63) is 59.0 Å². The molecule has 0 radical (unpaired) electrons. The summed E-state index contributed by atoms with van der Waals surface area (Å²) in [7, 11) is 0. The monoisotopic (exact) mass is 382 g/mol. The third-order valence-electron chi connectivity index (χ3n) is 3.71. The molecule has 0 saturated heterocycles. The number of hydrogen-bond donors (Lipinski definition) is 3. The number of aliphatic imine (C=N–C) groups is 1. The number of alkyl halides is 3. The maximum Gasteiger partial charge on any atom is 0.416 e. The first-order valence-electron chi connectivity index (χ1n) is 8.31. The van der Waals surface area contributed by atoms with Crippen molar-refractivity contribution in [1.29, 1.82) is 0 Å². The van der Waals surface area contributed by atoms with Crippen molar-refractivity contribution in [3.8, 4) is 0 Å². The molecular formula is C18H21F3N4O2. The Bertz CT molecular complexity index is 815. The van der Waals surface area contributed by atoms with E-state index in [9.17, 15) is 18.0 Å². The molecule has 1 aromatic heterocycles. The highest BCUT2D eigenvalue weighted by atomic mass is 19.4. The number of nitrogens with one attached hydrogen (secondary N) is 2. The van der Waals surface area contributed by atoms with Crippen molar-refractivity contribution < 1.29 is 22.4 Å². The second-order valence-electron chi connectivity index (χ2n) is 5.81. The van der Waals surface area contributed by atoms with Gasteiger partial charge >= 0.3 is 6.18 Å². The van der Waals surface area contributed by atoms with Gasteiger partial charge in [-0.05, 0) is 43.7 Å². The van der Waals surface area contributed by atoms with Crippen molar-refractivity contribution in [2.24, 2.45) is 10.7 Å². The molecule has 1 aromatic carbocycles. The van der Waals surface area contributed by atoms with Gasteiger partial charge in [-0.25, -0.2) is 4.99 Å². The van der Waals surface area contributed by atoms with E-state index < -0.39 is 23.7 Å². The van der Waals surface area contributed by atoms with Crippen LogP contribution in [0, 0.1) is 0 Å². The van der Waals surface area contributed by atoms with E-state index in [1.807, 2.05) is 6.92 Å². The summed E-state index contributed by atoms with van der Waals surface area (Å²) in [5, 5.41) is 6.06. The van der Waals surface area contributed by atoms with Gasteiger partial charge < -0.3 is 20.8 Å². The van der Waals surface area contributed by atoms with E-state index in [2.05, 4.69) is 15.6 Å². The lowest BCUT2D eigenvalue weighted by molar-refractivity contribution is -0.137. The summed E-state index contributed by atoms with van der Waals surface area (Å²) in [6, 6.07) is 7.75. The van der Waals surface area contributed by atoms with Crippen LogP contribution in [0.2, 0.25) is 0 Å². The Morgan fingerprint density at radius 2 is 2.04 bits per heavy atom. The van der Waals surface area contributed by atoms with Crippen LogP contribution in [0.5, 0.6) is 0 Å². The summed E-state index contributed by atoms with van der Waals surface area (Å²) in [6.07, 6.45) is -4.40. The first kappa shape index (κ1) is 20.3. The van der Waals surface area contributed by atoms with Gasteiger partial charge in [-0.3, -0.25) is 4.79 Å². The summed E-state index contributed by atoms with van der Waals surface area (Å²) < 4.78 is 43.9. The molecule has 0 aliphatic carbocycles. The standard InChI is InChI=1S/C18H21F3N4O2/c1-3-23-17(24-10-14-7-8-15(27-14)16(22)26)25-11(2)12-5-4-6-13(9-12)18(19,20)21/h4-9,11H,3,10H2,1-2H3,(H2,22,26)(H2,23,24,25). The Labute approximate surface area is 154 Å². The number of guanidine groups is 1. The zero-order chi connectivity index (χ0) is 20.0. The molecule has 0 saturated carbocycles. The number of nitrogens with two attached hydrogens (primary N) is 1.